The molecule has 0 aliphatic heterocycles. The first-order valence-corrected chi connectivity index (χ1v) is 10.4. The number of hydrogen-bond acceptors (Lipinski definition) is 6. The van der Waals surface area contributed by atoms with Gasteiger partial charge in [0.2, 0.25) is 5.91 Å². The molecule has 2 aromatic rings. The summed E-state index contributed by atoms with van der Waals surface area (Å²) in [6.45, 7) is -0.313. The number of rotatable bonds is 8. The van der Waals surface area contributed by atoms with Gasteiger partial charge in [-0.15, -0.1) is 0 Å². The van der Waals surface area contributed by atoms with Gasteiger partial charge in [0, 0.05) is 5.56 Å². The molecule has 0 heterocycles. The van der Waals surface area contributed by atoms with E-state index in [1.807, 2.05) is 6.07 Å². The topological polar surface area (TPSA) is 140 Å². The third-order valence-corrected chi connectivity index (χ3v) is 5.50. The molecule has 0 saturated heterocycles. The zero-order valence-electron chi connectivity index (χ0n) is 15.3. The summed E-state index contributed by atoms with van der Waals surface area (Å²) >= 11 is 0. The standard InChI is InChI=1S/C20H18N4O4S/c21-10-11-23-20(26)18(24-19(25)17-4-2-1-3-5-17)14-29(27,28)13-16-8-6-15(12-22)7-9-16/h1-9,18H,11,13-14H2,(H,23,26)(H,24,25). The molecule has 2 N–H and O–H groups in total. The van der Waals surface area contributed by atoms with E-state index in [-0.39, 0.29) is 17.9 Å². The Morgan fingerprint density at radius 3 is 2.24 bits per heavy atom. The number of nitriles is 2. The smallest absolute Gasteiger partial charge is 0.251 e. The largest absolute Gasteiger partial charge is 0.341 e. The van der Waals surface area contributed by atoms with Crippen LogP contribution < -0.4 is 10.6 Å². The molecule has 148 valence electrons. The second kappa shape index (κ2) is 10.0. The highest BCUT2D eigenvalue weighted by Gasteiger charge is 2.27. The van der Waals surface area contributed by atoms with Crippen molar-refractivity contribution in [2.75, 3.05) is 12.3 Å². The Kier molecular flexibility index (Phi) is 7.47. The van der Waals surface area contributed by atoms with Gasteiger partial charge in [0.25, 0.3) is 5.91 Å². The van der Waals surface area contributed by atoms with E-state index in [2.05, 4.69) is 10.6 Å². The molecular formula is C20H18N4O4S. The van der Waals surface area contributed by atoms with Crippen LogP contribution in [0.1, 0.15) is 21.5 Å². The number of carbonyl (C=O) groups is 2. The van der Waals surface area contributed by atoms with Crippen LogP contribution in [0.25, 0.3) is 0 Å². The molecule has 2 aromatic carbocycles. The lowest BCUT2D eigenvalue weighted by Gasteiger charge is -2.18. The molecule has 9 heteroatoms. The quantitative estimate of drug-likeness (QED) is 0.620. The van der Waals surface area contributed by atoms with Gasteiger partial charge in [-0.25, -0.2) is 8.42 Å². The van der Waals surface area contributed by atoms with Crippen molar-refractivity contribution in [2.45, 2.75) is 11.8 Å². The zero-order valence-corrected chi connectivity index (χ0v) is 16.1. The van der Waals surface area contributed by atoms with Crippen LogP contribution in [0.2, 0.25) is 0 Å². The van der Waals surface area contributed by atoms with Crippen LogP contribution in [0.15, 0.2) is 54.6 Å². The van der Waals surface area contributed by atoms with E-state index in [1.165, 1.54) is 36.4 Å². The Labute approximate surface area is 168 Å². The molecule has 0 aliphatic carbocycles. The fraction of sp³-hybridized carbons (Fsp3) is 0.200. The molecule has 1 unspecified atom stereocenters. The Bertz CT molecular complexity index is 1050. The van der Waals surface area contributed by atoms with Crippen molar-refractivity contribution in [1.29, 1.82) is 10.5 Å². The van der Waals surface area contributed by atoms with Gasteiger partial charge in [-0.05, 0) is 29.8 Å². The summed E-state index contributed by atoms with van der Waals surface area (Å²) < 4.78 is 25.2. The number of hydrogen-bond donors (Lipinski definition) is 2. The lowest BCUT2D eigenvalue weighted by atomic mass is 10.2. The van der Waals surface area contributed by atoms with Crippen molar-refractivity contribution in [3.8, 4) is 12.1 Å². The fourth-order valence-corrected chi connectivity index (χ4v) is 4.07. The zero-order chi connectivity index (χ0) is 21.3. The molecule has 0 bridgehead atoms. The summed E-state index contributed by atoms with van der Waals surface area (Å²) in [6, 6.07) is 16.4. The number of carbonyl (C=O) groups excluding carboxylic acids is 2. The van der Waals surface area contributed by atoms with Gasteiger partial charge < -0.3 is 10.6 Å². The SMILES string of the molecule is N#CCNC(=O)C(CS(=O)(=O)Cc1ccc(C#N)cc1)NC(=O)c1ccccc1. The monoisotopic (exact) mass is 410 g/mol. The molecular weight excluding hydrogens is 392 g/mol. The molecule has 1 atom stereocenters. The van der Waals surface area contributed by atoms with Crippen molar-refractivity contribution in [3.63, 3.8) is 0 Å². The summed E-state index contributed by atoms with van der Waals surface area (Å²) in [5, 5.41) is 22.1. The van der Waals surface area contributed by atoms with Crippen LogP contribution >= 0.6 is 0 Å². The van der Waals surface area contributed by atoms with Crippen molar-refractivity contribution in [1.82, 2.24) is 10.6 Å². The van der Waals surface area contributed by atoms with Crippen LogP contribution in [-0.2, 0) is 20.4 Å². The van der Waals surface area contributed by atoms with Crippen LogP contribution in [0, 0.1) is 22.7 Å². The number of nitrogens with one attached hydrogen (secondary N) is 2. The first-order valence-electron chi connectivity index (χ1n) is 8.54. The van der Waals surface area contributed by atoms with E-state index in [4.69, 9.17) is 10.5 Å². The van der Waals surface area contributed by atoms with Gasteiger partial charge in [0.05, 0.1) is 29.2 Å². The van der Waals surface area contributed by atoms with Crippen molar-refractivity contribution < 1.29 is 18.0 Å². The van der Waals surface area contributed by atoms with E-state index in [1.54, 1.807) is 24.3 Å². The molecule has 0 aromatic heterocycles. The number of sulfone groups is 1. The highest BCUT2D eigenvalue weighted by molar-refractivity contribution is 7.90. The first-order chi connectivity index (χ1) is 13.8. The minimum absolute atomic E-state index is 0.273. The lowest BCUT2D eigenvalue weighted by Crippen LogP contribution is -2.50. The molecule has 0 spiro atoms. The van der Waals surface area contributed by atoms with Crippen molar-refractivity contribution >= 4 is 21.7 Å². The molecule has 8 nitrogen and oxygen atoms in total. The maximum absolute atomic E-state index is 12.6. The molecule has 2 amide bonds. The van der Waals surface area contributed by atoms with Gasteiger partial charge in [0.15, 0.2) is 9.84 Å². The predicted molar refractivity (Wildman–Crippen MR) is 105 cm³/mol. The van der Waals surface area contributed by atoms with Crippen molar-refractivity contribution in [2.24, 2.45) is 0 Å². The molecule has 0 radical (unpaired) electrons. The maximum atomic E-state index is 12.6. The van der Waals surface area contributed by atoms with Gasteiger partial charge >= 0.3 is 0 Å². The summed E-state index contributed by atoms with van der Waals surface area (Å²) in [5.41, 5.74) is 1.12. The average molecular weight is 410 g/mol. The highest BCUT2D eigenvalue weighted by atomic mass is 32.2. The summed E-state index contributed by atoms with van der Waals surface area (Å²) in [5.74, 6) is -2.36. The molecule has 2 rings (SSSR count). The van der Waals surface area contributed by atoms with Crippen LogP contribution in [-0.4, -0.2) is 38.6 Å². The maximum Gasteiger partial charge on any atom is 0.251 e. The van der Waals surface area contributed by atoms with Gasteiger partial charge in [-0.3, -0.25) is 9.59 Å². The molecule has 0 fully saturated rings. The van der Waals surface area contributed by atoms with Crippen LogP contribution in [0.4, 0.5) is 0 Å². The lowest BCUT2D eigenvalue weighted by molar-refractivity contribution is -0.122. The van der Waals surface area contributed by atoms with Crippen LogP contribution in [0.3, 0.4) is 0 Å². The second-order valence-corrected chi connectivity index (χ2v) is 8.24. The molecule has 0 aliphatic rings. The van der Waals surface area contributed by atoms with Crippen LogP contribution in [0.5, 0.6) is 0 Å². The normalized spacial score (nSPS) is 11.5. The molecule has 0 saturated carbocycles. The molecule has 29 heavy (non-hydrogen) atoms. The summed E-state index contributed by atoms with van der Waals surface area (Å²) in [7, 11) is -3.79. The van der Waals surface area contributed by atoms with Crippen molar-refractivity contribution in [3.05, 3.63) is 71.3 Å². The van der Waals surface area contributed by atoms with Gasteiger partial charge in [0.1, 0.15) is 12.6 Å². The van der Waals surface area contributed by atoms with E-state index in [0.29, 0.717) is 11.1 Å². The second-order valence-electron chi connectivity index (χ2n) is 6.13. The number of benzene rings is 2. The third-order valence-electron chi connectivity index (χ3n) is 3.89. The van der Waals surface area contributed by atoms with E-state index < -0.39 is 33.4 Å². The Morgan fingerprint density at radius 2 is 1.66 bits per heavy atom. The van der Waals surface area contributed by atoms with Gasteiger partial charge in [-0.1, -0.05) is 30.3 Å². The number of nitrogens with zero attached hydrogens (tertiary/aromatic N) is 2. The average Bonchev–Trinajstić information content (AvgIpc) is 2.72. The van der Waals surface area contributed by atoms with E-state index >= 15 is 0 Å². The van der Waals surface area contributed by atoms with Gasteiger partial charge in [-0.2, -0.15) is 10.5 Å². The minimum Gasteiger partial charge on any atom is -0.341 e. The minimum atomic E-state index is -3.79. The number of amides is 2. The fourth-order valence-electron chi connectivity index (χ4n) is 2.51. The highest BCUT2D eigenvalue weighted by Crippen LogP contribution is 2.10. The Hall–Kier alpha value is -3.69. The third kappa shape index (κ3) is 6.76. The Balaban J connectivity index is 2.16. The van der Waals surface area contributed by atoms with E-state index in [0.717, 1.165) is 0 Å². The summed E-state index contributed by atoms with van der Waals surface area (Å²) in [6.07, 6.45) is 0. The first kappa shape index (κ1) is 21.6. The Morgan fingerprint density at radius 1 is 1.00 bits per heavy atom. The predicted octanol–water partition coefficient (Wildman–Crippen LogP) is 0.911. The van der Waals surface area contributed by atoms with E-state index in [9.17, 15) is 18.0 Å². The summed E-state index contributed by atoms with van der Waals surface area (Å²) in [4.78, 5) is 24.7.